The summed E-state index contributed by atoms with van der Waals surface area (Å²) >= 11 is 0. The summed E-state index contributed by atoms with van der Waals surface area (Å²) in [5.74, 6) is -0.264. The SMILES string of the molecule is CC(=O)c1cccc(N(CCC(=O)NC2CCCCCC2)S(C)(=O)=O)c1. The number of nitrogens with one attached hydrogen (secondary N) is 1. The summed E-state index contributed by atoms with van der Waals surface area (Å²) in [6.07, 6.45) is 7.84. The zero-order valence-corrected chi connectivity index (χ0v) is 16.3. The van der Waals surface area contributed by atoms with Crippen molar-refractivity contribution in [2.45, 2.75) is 57.9 Å². The minimum Gasteiger partial charge on any atom is -0.353 e. The van der Waals surface area contributed by atoms with E-state index in [-0.39, 0.29) is 30.7 Å². The Balaban J connectivity index is 2.03. The Hall–Kier alpha value is -1.89. The zero-order valence-electron chi connectivity index (χ0n) is 15.5. The van der Waals surface area contributed by atoms with E-state index in [0.29, 0.717) is 11.3 Å². The first-order valence-corrected chi connectivity index (χ1v) is 11.0. The van der Waals surface area contributed by atoms with Gasteiger partial charge in [0.2, 0.25) is 15.9 Å². The van der Waals surface area contributed by atoms with Crippen molar-refractivity contribution >= 4 is 27.4 Å². The van der Waals surface area contributed by atoms with Crippen molar-refractivity contribution in [1.82, 2.24) is 5.32 Å². The Morgan fingerprint density at radius 1 is 1.15 bits per heavy atom. The van der Waals surface area contributed by atoms with Gasteiger partial charge in [-0.05, 0) is 31.9 Å². The molecule has 0 aliphatic heterocycles. The molecule has 2 rings (SSSR count). The van der Waals surface area contributed by atoms with Crippen molar-refractivity contribution in [1.29, 1.82) is 0 Å². The molecule has 0 aromatic heterocycles. The van der Waals surface area contributed by atoms with Gasteiger partial charge in [-0.1, -0.05) is 37.8 Å². The van der Waals surface area contributed by atoms with Crippen LogP contribution in [0, 0.1) is 0 Å². The van der Waals surface area contributed by atoms with Crippen molar-refractivity contribution in [3.05, 3.63) is 29.8 Å². The Labute approximate surface area is 156 Å². The number of anilines is 1. The lowest BCUT2D eigenvalue weighted by Crippen LogP contribution is -2.38. The first kappa shape index (κ1) is 20.4. The van der Waals surface area contributed by atoms with E-state index >= 15 is 0 Å². The fourth-order valence-electron chi connectivity index (χ4n) is 3.29. The number of hydrogen-bond donors (Lipinski definition) is 1. The number of hydrogen-bond acceptors (Lipinski definition) is 4. The summed E-state index contributed by atoms with van der Waals surface area (Å²) in [7, 11) is -3.55. The first-order chi connectivity index (χ1) is 12.3. The van der Waals surface area contributed by atoms with Gasteiger partial charge in [0.1, 0.15) is 0 Å². The maximum Gasteiger partial charge on any atom is 0.232 e. The summed E-state index contributed by atoms with van der Waals surface area (Å²) in [4.78, 5) is 23.8. The lowest BCUT2D eigenvalue weighted by molar-refractivity contribution is -0.121. The monoisotopic (exact) mass is 380 g/mol. The summed E-state index contributed by atoms with van der Waals surface area (Å²) < 4.78 is 25.5. The normalized spacial score (nSPS) is 15.9. The standard InChI is InChI=1S/C19H28N2O4S/c1-15(22)16-8-7-11-18(14-16)21(26(2,24)25)13-12-19(23)20-17-9-5-3-4-6-10-17/h7-8,11,14,17H,3-6,9-10,12-13H2,1-2H3,(H,20,23). The van der Waals surface area contributed by atoms with E-state index in [1.165, 1.54) is 24.1 Å². The lowest BCUT2D eigenvalue weighted by Gasteiger charge is -2.23. The van der Waals surface area contributed by atoms with Crippen LogP contribution in [0.4, 0.5) is 5.69 Å². The number of benzene rings is 1. The van der Waals surface area contributed by atoms with E-state index in [0.717, 1.165) is 31.9 Å². The van der Waals surface area contributed by atoms with Crippen LogP contribution in [0.3, 0.4) is 0 Å². The second-order valence-corrected chi connectivity index (χ2v) is 8.85. The van der Waals surface area contributed by atoms with Crippen LogP contribution in [0.2, 0.25) is 0 Å². The van der Waals surface area contributed by atoms with Gasteiger partial charge >= 0.3 is 0 Å². The molecule has 1 aliphatic carbocycles. The molecule has 1 aliphatic rings. The fraction of sp³-hybridized carbons (Fsp3) is 0.579. The van der Waals surface area contributed by atoms with E-state index < -0.39 is 10.0 Å². The number of rotatable bonds is 7. The Bertz CT molecular complexity index is 738. The third-order valence-electron chi connectivity index (χ3n) is 4.70. The molecule has 144 valence electrons. The highest BCUT2D eigenvalue weighted by Gasteiger charge is 2.21. The molecular weight excluding hydrogens is 352 g/mol. The highest BCUT2D eigenvalue weighted by Crippen LogP contribution is 2.20. The molecule has 1 aromatic carbocycles. The van der Waals surface area contributed by atoms with Gasteiger partial charge in [0, 0.05) is 24.6 Å². The second kappa shape index (κ2) is 9.16. The summed E-state index contributed by atoms with van der Waals surface area (Å²) in [6.45, 7) is 1.49. The van der Waals surface area contributed by atoms with Gasteiger partial charge in [-0.25, -0.2) is 8.42 Å². The van der Waals surface area contributed by atoms with E-state index in [4.69, 9.17) is 0 Å². The zero-order chi connectivity index (χ0) is 19.2. The Morgan fingerprint density at radius 2 is 1.81 bits per heavy atom. The molecule has 26 heavy (non-hydrogen) atoms. The second-order valence-electron chi connectivity index (χ2n) is 6.95. The molecule has 7 heteroatoms. The smallest absolute Gasteiger partial charge is 0.232 e. The number of Topliss-reactive ketones (excluding diaryl/α,β-unsaturated/α-hetero) is 1. The number of nitrogens with zero attached hydrogens (tertiary/aromatic N) is 1. The van der Waals surface area contributed by atoms with Gasteiger partial charge in [0.05, 0.1) is 11.9 Å². The van der Waals surface area contributed by atoms with Crippen LogP contribution >= 0.6 is 0 Å². The predicted octanol–water partition coefficient (Wildman–Crippen LogP) is 2.88. The van der Waals surface area contributed by atoms with Gasteiger partial charge < -0.3 is 5.32 Å². The summed E-state index contributed by atoms with van der Waals surface area (Å²) in [6, 6.07) is 6.67. The van der Waals surface area contributed by atoms with E-state index in [9.17, 15) is 18.0 Å². The molecule has 1 N–H and O–H groups in total. The van der Waals surface area contributed by atoms with Crippen molar-refractivity contribution in [2.75, 3.05) is 17.1 Å². The van der Waals surface area contributed by atoms with Crippen molar-refractivity contribution in [2.24, 2.45) is 0 Å². The molecule has 1 saturated carbocycles. The third-order valence-corrected chi connectivity index (χ3v) is 5.90. The van der Waals surface area contributed by atoms with Crippen LogP contribution in [0.15, 0.2) is 24.3 Å². The molecule has 0 radical (unpaired) electrons. The maximum atomic E-state index is 12.3. The van der Waals surface area contributed by atoms with Crippen LogP contribution in [-0.4, -0.2) is 39.0 Å². The number of ketones is 1. The van der Waals surface area contributed by atoms with E-state index in [1.807, 2.05) is 0 Å². The van der Waals surface area contributed by atoms with E-state index in [1.54, 1.807) is 24.3 Å². The van der Waals surface area contributed by atoms with Crippen molar-refractivity contribution in [3.63, 3.8) is 0 Å². The highest BCUT2D eigenvalue weighted by atomic mass is 32.2. The minimum absolute atomic E-state index is 0.0543. The number of carbonyl (C=O) groups is 2. The molecular formula is C19H28N2O4S. The maximum absolute atomic E-state index is 12.3. The first-order valence-electron chi connectivity index (χ1n) is 9.15. The molecule has 0 bridgehead atoms. The lowest BCUT2D eigenvalue weighted by atomic mass is 10.1. The highest BCUT2D eigenvalue weighted by molar-refractivity contribution is 7.92. The molecule has 6 nitrogen and oxygen atoms in total. The quantitative estimate of drug-likeness (QED) is 0.582. The van der Waals surface area contributed by atoms with E-state index in [2.05, 4.69) is 5.32 Å². The van der Waals surface area contributed by atoms with Crippen molar-refractivity contribution in [3.8, 4) is 0 Å². The van der Waals surface area contributed by atoms with Crippen LogP contribution in [-0.2, 0) is 14.8 Å². The predicted molar refractivity (Wildman–Crippen MR) is 103 cm³/mol. The average Bonchev–Trinajstić information content (AvgIpc) is 2.82. The molecule has 0 heterocycles. The molecule has 0 unspecified atom stereocenters. The molecule has 1 fully saturated rings. The number of amides is 1. The van der Waals surface area contributed by atoms with Crippen molar-refractivity contribution < 1.29 is 18.0 Å². The third kappa shape index (κ3) is 6.12. The van der Waals surface area contributed by atoms with Crippen LogP contribution < -0.4 is 9.62 Å². The topological polar surface area (TPSA) is 83.6 Å². The van der Waals surface area contributed by atoms with Crippen LogP contribution in [0.25, 0.3) is 0 Å². The Morgan fingerprint density at radius 3 is 2.38 bits per heavy atom. The van der Waals surface area contributed by atoms with Crippen LogP contribution in [0.5, 0.6) is 0 Å². The summed E-state index contributed by atoms with van der Waals surface area (Å²) in [5, 5.41) is 3.03. The Kier molecular flexibility index (Phi) is 7.20. The van der Waals surface area contributed by atoms with Gasteiger partial charge in [0.15, 0.2) is 5.78 Å². The van der Waals surface area contributed by atoms with Gasteiger partial charge in [-0.3, -0.25) is 13.9 Å². The molecule has 1 aromatic rings. The summed E-state index contributed by atoms with van der Waals surface area (Å²) in [5.41, 5.74) is 0.849. The van der Waals surface area contributed by atoms with Crippen LogP contribution in [0.1, 0.15) is 62.2 Å². The minimum atomic E-state index is -3.55. The molecule has 0 spiro atoms. The van der Waals surface area contributed by atoms with Gasteiger partial charge in [-0.15, -0.1) is 0 Å². The molecule has 1 amide bonds. The van der Waals surface area contributed by atoms with Gasteiger partial charge in [0.25, 0.3) is 0 Å². The average molecular weight is 381 g/mol. The molecule has 0 saturated heterocycles. The van der Waals surface area contributed by atoms with Gasteiger partial charge in [-0.2, -0.15) is 0 Å². The number of carbonyl (C=O) groups excluding carboxylic acids is 2. The largest absolute Gasteiger partial charge is 0.353 e. The number of sulfonamides is 1. The fourth-order valence-corrected chi connectivity index (χ4v) is 4.21. The molecule has 0 atom stereocenters.